The summed E-state index contributed by atoms with van der Waals surface area (Å²) >= 11 is 0. The number of furan rings is 1. The summed E-state index contributed by atoms with van der Waals surface area (Å²) in [5, 5.41) is 4.80. The predicted molar refractivity (Wildman–Crippen MR) is 80.1 cm³/mol. The largest absolute Gasteiger partial charge is 0.464 e. The Balaban J connectivity index is 1.86. The van der Waals surface area contributed by atoms with E-state index < -0.39 is 0 Å². The fourth-order valence-corrected chi connectivity index (χ4v) is 2.28. The van der Waals surface area contributed by atoms with Crippen LogP contribution in [0.15, 0.2) is 40.5 Å². The molecule has 1 aromatic carbocycles. The van der Waals surface area contributed by atoms with E-state index in [0.29, 0.717) is 5.92 Å². The molecular weight excluding hydrogens is 234 g/mol. The lowest BCUT2D eigenvalue weighted by Gasteiger charge is -2.12. The van der Waals surface area contributed by atoms with Gasteiger partial charge in [0, 0.05) is 23.5 Å². The highest BCUT2D eigenvalue weighted by atomic mass is 16.3. The van der Waals surface area contributed by atoms with Gasteiger partial charge in [0.25, 0.3) is 0 Å². The third-order valence-corrected chi connectivity index (χ3v) is 3.77. The quantitative estimate of drug-likeness (QED) is 0.865. The van der Waals surface area contributed by atoms with Crippen LogP contribution in [-0.4, -0.2) is 12.6 Å². The van der Waals surface area contributed by atoms with Crippen LogP contribution in [0.25, 0.3) is 17.0 Å². The average Bonchev–Trinajstić information content (AvgIpc) is 3.15. The van der Waals surface area contributed by atoms with Crippen LogP contribution in [0.2, 0.25) is 0 Å². The number of hydrogen-bond acceptors (Lipinski definition) is 2. The standard InChI is InChI=1S/C17H21NO/c1-12(2)13(10-18-15-7-8-15)9-14-11-19-17-6-4-3-5-16(14)17/h3-6,9,11-12,15,18H,7-8,10H2,1-2H3/b13-9+. The number of hydrogen-bond donors (Lipinski definition) is 1. The molecule has 0 aliphatic heterocycles. The summed E-state index contributed by atoms with van der Waals surface area (Å²) in [5.74, 6) is 0.555. The Morgan fingerprint density at radius 1 is 1.37 bits per heavy atom. The zero-order valence-corrected chi connectivity index (χ0v) is 11.6. The molecule has 1 aliphatic carbocycles. The molecule has 2 nitrogen and oxygen atoms in total. The first kappa shape index (κ1) is 12.5. The Kier molecular flexibility index (Phi) is 3.43. The number of benzene rings is 1. The maximum Gasteiger partial charge on any atom is 0.134 e. The second-order valence-corrected chi connectivity index (χ2v) is 5.72. The van der Waals surface area contributed by atoms with Crippen molar-refractivity contribution in [3.05, 3.63) is 41.7 Å². The second-order valence-electron chi connectivity index (χ2n) is 5.72. The molecular formula is C17H21NO. The summed E-state index contributed by atoms with van der Waals surface area (Å²) in [5.41, 5.74) is 3.60. The summed E-state index contributed by atoms with van der Waals surface area (Å²) in [4.78, 5) is 0. The second kappa shape index (κ2) is 5.22. The summed E-state index contributed by atoms with van der Waals surface area (Å²) in [6.45, 7) is 5.49. The molecule has 1 heterocycles. The molecule has 1 aliphatic rings. The van der Waals surface area contributed by atoms with Crippen LogP contribution in [-0.2, 0) is 0 Å². The van der Waals surface area contributed by atoms with Gasteiger partial charge in [-0.1, -0.05) is 43.7 Å². The van der Waals surface area contributed by atoms with Crippen LogP contribution in [0.1, 0.15) is 32.3 Å². The summed E-state index contributed by atoms with van der Waals surface area (Å²) in [6, 6.07) is 8.97. The van der Waals surface area contributed by atoms with Crippen LogP contribution in [0.3, 0.4) is 0 Å². The van der Waals surface area contributed by atoms with Gasteiger partial charge in [-0.25, -0.2) is 0 Å². The highest BCUT2D eigenvalue weighted by Crippen LogP contribution is 2.25. The number of rotatable bonds is 5. The first-order valence-corrected chi connectivity index (χ1v) is 7.14. The van der Waals surface area contributed by atoms with Crippen molar-refractivity contribution in [2.45, 2.75) is 32.7 Å². The number of para-hydroxylation sites is 1. The zero-order chi connectivity index (χ0) is 13.2. The van der Waals surface area contributed by atoms with E-state index in [0.717, 1.165) is 18.2 Å². The van der Waals surface area contributed by atoms with Crippen LogP contribution in [0.5, 0.6) is 0 Å². The van der Waals surface area contributed by atoms with Crippen molar-refractivity contribution in [1.29, 1.82) is 0 Å². The fraction of sp³-hybridized carbons (Fsp3) is 0.412. The average molecular weight is 255 g/mol. The molecule has 0 saturated heterocycles. The first-order chi connectivity index (χ1) is 9.24. The van der Waals surface area contributed by atoms with E-state index in [2.05, 4.69) is 37.4 Å². The lowest BCUT2D eigenvalue weighted by atomic mass is 10.00. The van der Waals surface area contributed by atoms with Gasteiger partial charge in [-0.2, -0.15) is 0 Å². The van der Waals surface area contributed by atoms with E-state index >= 15 is 0 Å². The zero-order valence-electron chi connectivity index (χ0n) is 11.6. The molecule has 0 atom stereocenters. The van der Waals surface area contributed by atoms with Gasteiger partial charge < -0.3 is 9.73 Å². The van der Waals surface area contributed by atoms with Crippen LogP contribution < -0.4 is 5.32 Å². The normalized spacial score (nSPS) is 16.5. The molecule has 2 aromatic rings. The van der Waals surface area contributed by atoms with Gasteiger partial charge in [0.15, 0.2) is 0 Å². The minimum absolute atomic E-state index is 0.555. The Labute approximate surface area is 114 Å². The van der Waals surface area contributed by atoms with E-state index in [-0.39, 0.29) is 0 Å². The topological polar surface area (TPSA) is 25.2 Å². The lowest BCUT2D eigenvalue weighted by Crippen LogP contribution is -2.21. The Hall–Kier alpha value is -1.54. The fourth-order valence-electron chi connectivity index (χ4n) is 2.28. The molecule has 0 bridgehead atoms. The molecule has 1 saturated carbocycles. The van der Waals surface area contributed by atoms with E-state index in [4.69, 9.17) is 4.42 Å². The number of fused-ring (bicyclic) bond motifs is 1. The Morgan fingerprint density at radius 2 is 2.16 bits per heavy atom. The van der Waals surface area contributed by atoms with E-state index in [1.807, 2.05) is 18.4 Å². The van der Waals surface area contributed by atoms with Gasteiger partial charge in [-0.3, -0.25) is 0 Å². The first-order valence-electron chi connectivity index (χ1n) is 7.14. The molecule has 0 spiro atoms. The third-order valence-electron chi connectivity index (χ3n) is 3.77. The van der Waals surface area contributed by atoms with Crippen molar-refractivity contribution in [1.82, 2.24) is 5.32 Å². The molecule has 2 heteroatoms. The van der Waals surface area contributed by atoms with Crippen LogP contribution in [0, 0.1) is 5.92 Å². The van der Waals surface area contributed by atoms with E-state index in [9.17, 15) is 0 Å². The van der Waals surface area contributed by atoms with Crippen LogP contribution >= 0.6 is 0 Å². The van der Waals surface area contributed by atoms with Crippen molar-refractivity contribution >= 4 is 17.0 Å². The van der Waals surface area contributed by atoms with Gasteiger partial charge in [-0.05, 0) is 24.8 Å². The molecule has 3 rings (SSSR count). The van der Waals surface area contributed by atoms with Gasteiger partial charge in [0.05, 0.1) is 6.26 Å². The highest BCUT2D eigenvalue weighted by Gasteiger charge is 2.20. The van der Waals surface area contributed by atoms with Crippen molar-refractivity contribution in [3.8, 4) is 0 Å². The van der Waals surface area contributed by atoms with E-state index in [1.54, 1.807) is 0 Å². The molecule has 1 fully saturated rings. The summed E-state index contributed by atoms with van der Waals surface area (Å²) in [7, 11) is 0. The highest BCUT2D eigenvalue weighted by molar-refractivity contribution is 5.87. The van der Waals surface area contributed by atoms with Gasteiger partial charge in [-0.15, -0.1) is 0 Å². The summed E-state index contributed by atoms with van der Waals surface area (Å²) < 4.78 is 5.60. The van der Waals surface area contributed by atoms with Crippen molar-refractivity contribution in [3.63, 3.8) is 0 Å². The maximum absolute atomic E-state index is 5.60. The monoisotopic (exact) mass is 255 g/mol. The summed E-state index contributed by atoms with van der Waals surface area (Å²) in [6.07, 6.45) is 6.82. The minimum Gasteiger partial charge on any atom is -0.464 e. The van der Waals surface area contributed by atoms with Gasteiger partial charge in [0.2, 0.25) is 0 Å². The van der Waals surface area contributed by atoms with Crippen molar-refractivity contribution in [2.75, 3.05) is 6.54 Å². The van der Waals surface area contributed by atoms with Gasteiger partial charge in [0.1, 0.15) is 5.58 Å². The third kappa shape index (κ3) is 2.90. The molecule has 1 aromatic heterocycles. The SMILES string of the molecule is CC(C)/C(=C/c1coc2ccccc12)CNC1CC1. The Bertz CT molecular complexity index is 590. The molecule has 1 N–H and O–H groups in total. The van der Waals surface area contributed by atoms with Crippen LogP contribution in [0.4, 0.5) is 0 Å². The minimum atomic E-state index is 0.555. The lowest BCUT2D eigenvalue weighted by molar-refractivity contribution is 0.614. The molecule has 0 radical (unpaired) electrons. The predicted octanol–water partition coefficient (Wildman–Crippen LogP) is 4.22. The van der Waals surface area contributed by atoms with Gasteiger partial charge >= 0.3 is 0 Å². The Morgan fingerprint density at radius 3 is 2.89 bits per heavy atom. The molecule has 0 unspecified atom stereocenters. The number of nitrogens with one attached hydrogen (secondary N) is 1. The smallest absolute Gasteiger partial charge is 0.134 e. The van der Waals surface area contributed by atoms with E-state index in [1.165, 1.54) is 29.4 Å². The molecule has 0 amide bonds. The maximum atomic E-state index is 5.60. The molecule has 100 valence electrons. The van der Waals surface area contributed by atoms with Crippen molar-refractivity contribution in [2.24, 2.45) is 5.92 Å². The van der Waals surface area contributed by atoms with Crippen molar-refractivity contribution < 1.29 is 4.42 Å². The molecule has 19 heavy (non-hydrogen) atoms.